The minimum atomic E-state index is -0.781. The molecule has 0 atom stereocenters. The Kier molecular flexibility index (Phi) is 3.93. The maximum absolute atomic E-state index is 13.6. The van der Waals surface area contributed by atoms with Crippen molar-refractivity contribution in [2.45, 2.75) is 6.54 Å². The zero-order valence-electron chi connectivity index (χ0n) is 10.3. The molecule has 0 spiro atoms. The lowest BCUT2D eigenvalue weighted by Crippen LogP contribution is -2.12. The van der Waals surface area contributed by atoms with E-state index in [1.165, 1.54) is 18.2 Å². The molecule has 2 aromatic rings. The zero-order valence-corrected chi connectivity index (χ0v) is 10.3. The predicted octanol–water partition coefficient (Wildman–Crippen LogP) is 2.81. The number of hydrogen-bond acceptors (Lipinski definition) is 2. The van der Waals surface area contributed by atoms with E-state index in [0.29, 0.717) is 0 Å². The van der Waals surface area contributed by atoms with Crippen LogP contribution in [0.1, 0.15) is 15.9 Å². The van der Waals surface area contributed by atoms with Gasteiger partial charge in [0.1, 0.15) is 17.5 Å². The summed E-state index contributed by atoms with van der Waals surface area (Å²) in [5.41, 5.74) is 5.45. The molecule has 0 unspecified atom stereocenters. The van der Waals surface area contributed by atoms with Crippen molar-refractivity contribution in [3.8, 4) is 0 Å². The highest BCUT2D eigenvalue weighted by Crippen LogP contribution is 2.17. The largest absolute Gasteiger partial charge is 0.378 e. The summed E-state index contributed by atoms with van der Waals surface area (Å²) in [4.78, 5) is 11.0. The number of carbonyl (C=O) groups is 1. The Morgan fingerprint density at radius 1 is 1.05 bits per heavy atom. The SMILES string of the molecule is NC(=O)c1ccc(F)c(CNc2ccc(F)cc2F)c1. The van der Waals surface area contributed by atoms with Crippen LogP contribution in [0.5, 0.6) is 0 Å². The van der Waals surface area contributed by atoms with Gasteiger partial charge < -0.3 is 11.1 Å². The van der Waals surface area contributed by atoms with Crippen LogP contribution in [-0.4, -0.2) is 5.91 Å². The lowest BCUT2D eigenvalue weighted by atomic mass is 10.1. The fourth-order valence-electron chi connectivity index (χ4n) is 1.69. The standard InChI is InChI=1S/C14H11F3N2O/c15-10-2-4-13(12(17)6-10)19-7-9-5-8(14(18)20)1-3-11(9)16/h1-6,19H,7H2,(H2,18,20). The molecule has 0 aliphatic carbocycles. The van der Waals surface area contributed by atoms with Crippen molar-refractivity contribution < 1.29 is 18.0 Å². The molecule has 104 valence electrons. The molecular formula is C14H11F3N2O. The van der Waals surface area contributed by atoms with Crippen molar-refractivity contribution in [3.05, 3.63) is 65.0 Å². The minimum Gasteiger partial charge on any atom is -0.378 e. The lowest BCUT2D eigenvalue weighted by molar-refractivity contribution is 0.1000. The molecule has 0 saturated heterocycles. The van der Waals surface area contributed by atoms with E-state index in [0.717, 1.165) is 18.2 Å². The first-order valence-corrected chi connectivity index (χ1v) is 5.74. The third kappa shape index (κ3) is 3.09. The van der Waals surface area contributed by atoms with E-state index >= 15 is 0 Å². The number of nitrogens with two attached hydrogens (primary N) is 1. The number of nitrogens with one attached hydrogen (secondary N) is 1. The van der Waals surface area contributed by atoms with Crippen LogP contribution in [0.25, 0.3) is 0 Å². The molecule has 6 heteroatoms. The van der Waals surface area contributed by atoms with Crippen LogP contribution >= 0.6 is 0 Å². The molecule has 0 saturated carbocycles. The highest BCUT2D eigenvalue weighted by atomic mass is 19.1. The van der Waals surface area contributed by atoms with Crippen LogP contribution in [0.15, 0.2) is 36.4 Å². The molecule has 0 aliphatic rings. The lowest BCUT2D eigenvalue weighted by Gasteiger charge is -2.09. The summed E-state index contributed by atoms with van der Waals surface area (Å²) in [6.45, 7) is -0.0600. The molecule has 3 N–H and O–H groups in total. The van der Waals surface area contributed by atoms with Gasteiger partial charge in [-0.1, -0.05) is 0 Å². The summed E-state index contributed by atoms with van der Waals surface area (Å²) in [5, 5.41) is 2.63. The number of primary amides is 1. The average molecular weight is 280 g/mol. The van der Waals surface area contributed by atoms with E-state index in [4.69, 9.17) is 5.73 Å². The molecule has 1 amide bonds. The van der Waals surface area contributed by atoms with Crippen LogP contribution in [0.3, 0.4) is 0 Å². The van der Waals surface area contributed by atoms with Gasteiger partial charge in [-0.25, -0.2) is 13.2 Å². The first-order chi connectivity index (χ1) is 9.47. The zero-order chi connectivity index (χ0) is 14.7. The summed E-state index contributed by atoms with van der Waals surface area (Å²) in [7, 11) is 0. The number of anilines is 1. The number of benzene rings is 2. The van der Waals surface area contributed by atoms with Gasteiger partial charge in [-0.15, -0.1) is 0 Å². The van der Waals surface area contributed by atoms with E-state index in [9.17, 15) is 18.0 Å². The number of rotatable bonds is 4. The maximum Gasteiger partial charge on any atom is 0.248 e. The number of hydrogen-bond donors (Lipinski definition) is 2. The molecule has 0 heterocycles. The Morgan fingerprint density at radius 3 is 2.45 bits per heavy atom. The number of carbonyl (C=O) groups excluding carboxylic acids is 1. The normalized spacial score (nSPS) is 10.3. The first-order valence-electron chi connectivity index (χ1n) is 5.74. The smallest absolute Gasteiger partial charge is 0.248 e. The summed E-state index contributed by atoms with van der Waals surface area (Å²) < 4.78 is 39.7. The Labute approximate surface area is 113 Å². The highest BCUT2D eigenvalue weighted by Gasteiger charge is 2.08. The van der Waals surface area contributed by atoms with Crippen LogP contribution in [-0.2, 0) is 6.54 Å². The van der Waals surface area contributed by atoms with E-state index < -0.39 is 23.4 Å². The molecule has 3 nitrogen and oxygen atoms in total. The van der Waals surface area contributed by atoms with Crippen molar-refractivity contribution in [1.29, 1.82) is 0 Å². The van der Waals surface area contributed by atoms with Crippen LogP contribution in [0.2, 0.25) is 0 Å². The topological polar surface area (TPSA) is 55.1 Å². The second kappa shape index (κ2) is 5.64. The van der Waals surface area contributed by atoms with Gasteiger partial charge in [0.25, 0.3) is 0 Å². The highest BCUT2D eigenvalue weighted by molar-refractivity contribution is 5.92. The van der Waals surface area contributed by atoms with Crippen LogP contribution < -0.4 is 11.1 Å². The fourth-order valence-corrected chi connectivity index (χ4v) is 1.69. The Morgan fingerprint density at radius 2 is 1.80 bits per heavy atom. The molecule has 2 aromatic carbocycles. The molecule has 0 aliphatic heterocycles. The van der Waals surface area contributed by atoms with Crippen molar-refractivity contribution in [3.63, 3.8) is 0 Å². The minimum absolute atomic E-state index is 0.0373. The van der Waals surface area contributed by atoms with Gasteiger partial charge in [0.15, 0.2) is 0 Å². The van der Waals surface area contributed by atoms with Gasteiger partial charge in [-0.05, 0) is 30.3 Å². The molecular weight excluding hydrogens is 269 g/mol. The van der Waals surface area contributed by atoms with Crippen LogP contribution in [0.4, 0.5) is 18.9 Å². The molecule has 0 bridgehead atoms. The van der Waals surface area contributed by atoms with Gasteiger partial charge >= 0.3 is 0 Å². The van der Waals surface area contributed by atoms with Gasteiger partial charge in [0.2, 0.25) is 5.91 Å². The van der Waals surface area contributed by atoms with Gasteiger partial charge in [-0.2, -0.15) is 0 Å². The fraction of sp³-hybridized carbons (Fsp3) is 0.0714. The molecule has 0 aromatic heterocycles. The summed E-state index contributed by atoms with van der Waals surface area (Å²) in [6, 6.07) is 6.67. The van der Waals surface area contributed by atoms with Gasteiger partial charge in [-0.3, -0.25) is 4.79 Å². The number of amides is 1. The maximum atomic E-state index is 13.6. The van der Waals surface area contributed by atoms with E-state index in [1.807, 2.05) is 0 Å². The van der Waals surface area contributed by atoms with Crippen LogP contribution in [0, 0.1) is 17.5 Å². The average Bonchev–Trinajstić information content (AvgIpc) is 2.39. The van der Waals surface area contributed by atoms with Gasteiger partial charge in [0.05, 0.1) is 5.69 Å². The Balaban J connectivity index is 2.18. The Hall–Kier alpha value is -2.50. The molecule has 20 heavy (non-hydrogen) atoms. The Bertz CT molecular complexity index is 659. The third-order valence-electron chi connectivity index (χ3n) is 2.73. The number of halogens is 3. The van der Waals surface area contributed by atoms with E-state index in [1.54, 1.807) is 0 Å². The van der Waals surface area contributed by atoms with E-state index in [2.05, 4.69) is 5.32 Å². The molecule has 2 rings (SSSR count). The second-order valence-corrected chi connectivity index (χ2v) is 4.15. The van der Waals surface area contributed by atoms with Crippen molar-refractivity contribution in [2.24, 2.45) is 5.73 Å². The van der Waals surface area contributed by atoms with Crippen molar-refractivity contribution in [1.82, 2.24) is 0 Å². The third-order valence-corrected chi connectivity index (χ3v) is 2.73. The first kappa shape index (κ1) is 13.9. The summed E-state index contributed by atoms with van der Waals surface area (Å²) in [5.74, 6) is -2.71. The molecule has 0 fully saturated rings. The molecule has 0 radical (unpaired) electrons. The van der Waals surface area contributed by atoms with Crippen molar-refractivity contribution >= 4 is 11.6 Å². The monoisotopic (exact) mass is 280 g/mol. The predicted molar refractivity (Wildman–Crippen MR) is 68.6 cm³/mol. The van der Waals surface area contributed by atoms with Crippen molar-refractivity contribution in [2.75, 3.05) is 5.32 Å². The van der Waals surface area contributed by atoms with E-state index in [-0.39, 0.29) is 23.4 Å². The summed E-state index contributed by atoms with van der Waals surface area (Å²) >= 11 is 0. The quantitative estimate of drug-likeness (QED) is 0.904. The second-order valence-electron chi connectivity index (χ2n) is 4.15. The summed E-state index contributed by atoms with van der Waals surface area (Å²) in [6.07, 6.45) is 0. The van der Waals surface area contributed by atoms with Gasteiger partial charge in [0, 0.05) is 23.7 Å².